The summed E-state index contributed by atoms with van der Waals surface area (Å²) in [5, 5.41) is 16.3. The molecule has 2 amide bonds. The van der Waals surface area contributed by atoms with Gasteiger partial charge in [-0.2, -0.15) is 0 Å². The lowest BCUT2D eigenvalue weighted by atomic mass is 9.90. The highest BCUT2D eigenvalue weighted by Crippen LogP contribution is 2.41. The van der Waals surface area contributed by atoms with E-state index in [0.717, 1.165) is 33.6 Å². The van der Waals surface area contributed by atoms with Crippen LogP contribution in [0, 0.1) is 23.7 Å². The van der Waals surface area contributed by atoms with E-state index in [0.29, 0.717) is 24.5 Å². The lowest BCUT2D eigenvalue weighted by Gasteiger charge is -2.29. The first-order valence-corrected chi connectivity index (χ1v) is 23.7. The molecule has 0 radical (unpaired) electrons. The van der Waals surface area contributed by atoms with Crippen LogP contribution in [-0.4, -0.2) is 137 Å². The maximum atomic E-state index is 14.3. The number of H-pyrrole nitrogens is 2. The van der Waals surface area contributed by atoms with E-state index in [9.17, 15) is 28.8 Å². The largest absolute Gasteiger partial charge is 0.469 e. The van der Waals surface area contributed by atoms with Crippen LogP contribution in [0.25, 0.3) is 33.6 Å². The SMILES string of the molecule is COC(=O)C[C@H](C(=O)N1C[C@H](n2cc(C(=O)OC)nn2)C[C@H]1c1ncc(-c2ccc(-c3ccc(-c4cnc([C@@H]5C[C@@H](n6cc(C(=O)OC)nn6)CN5C(=O)[C@@H](CC(=O)OC)C(C)C)[nH]4)cc3)cc2)[nH]1)C(C)C. The molecule has 22 heteroatoms. The second kappa shape index (κ2) is 21.5. The molecular weight excluding hydrogens is 929 g/mol. The van der Waals surface area contributed by atoms with E-state index in [1.54, 1.807) is 31.6 Å². The van der Waals surface area contributed by atoms with Gasteiger partial charge >= 0.3 is 23.9 Å². The molecule has 6 atom stereocenters. The summed E-state index contributed by atoms with van der Waals surface area (Å²) in [5.41, 5.74) is 5.26. The van der Waals surface area contributed by atoms with E-state index in [4.69, 9.17) is 28.9 Å². The minimum atomic E-state index is -0.636. The first-order valence-electron chi connectivity index (χ1n) is 23.7. The first-order chi connectivity index (χ1) is 34.6. The maximum absolute atomic E-state index is 14.3. The number of benzene rings is 2. The maximum Gasteiger partial charge on any atom is 0.360 e. The average Bonchev–Trinajstić information content (AvgIpc) is 4.26. The van der Waals surface area contributed by atoms with Crippen LogP contribution in [0.3, 0.4) is 0 Å². The van der Waals surface area contributed by atoms with Crippen molar-refractivity contribution in [2.75, 3.05) is 41.5 Å². The van der Waals surface area contributed by atoms with Gasteiger partial charge in [0.15, 0.2) is 11.4 Å². The predicted octanol–water partition coefficient (Wildman–Crippen LogP) is 5.59. The molecule has 2 fully saturated rings. The van der Waals surface area contributed by atoms with E-state index < -0.39 is 47.8 Å². The number of ether oxygens (including phenoxy) is 4. The van der Waals surface area contributed by atoms with Crippen molar-refractivity contribution < 1.29 is 47.7 Å². The number of nitrogens with one attached hydrogen (secondary N) is 2. The minimum Gasteiger partial charge on any atom is -0.469 e. The number of rotatable bonds is 17. The van der Waals surface area contributed by atoms with Crippen molar-refractivity contribution in [3.8, 4) is 33.6 Å². The number of hydrogen-bond donors (Lipinski definition) is 2. The Labute approximate surface area is 414 Å². The van der Waals surface area contributed by atoms with Crippen molar-refractivity contribution in [1.29, 1.82) is 0 Å². The number of aromatic amines is 2. The lowest BCUT2D eigenvalue weighted by Crippen LogP contribution is -2.39. The molecule has 0 unspecified atom stereocenters. The molecule has 2 saturated heterocycles. The van der Waals surface area contributed by atoms with Crippen molar-refractivity contribution in [3.05, 3.63) is 96.4 Å². The summed E-state index contributed by atoms with van der Waals surface area (Å²) in [6, 6.07) is 14.3. The van der Waals surface area contributed by atoms with E-state index in [2.05, 4.69) is 30.6 Å². The zero-order valence-corrected chi connectivity index (χ0v) is 41.3. The van der Waals surface area contributed by atoms with Crippen molar-refractivity contribution >= 4 is 35.7 Å². The van der Waals surface area contributed by atoms with Gasteiger partial charge in [0.05, 0.1) is 113 Å². The summed E-state index contributed by atoms with van der Waals surface area (Å²) < 4.78 is 22.6. The molecule has 378 valence electrons. The third kappa shape index (κ3) is 10.5. The molecule has 4 aromatic heterocycles. The van der Waals surface area contributed by atoms with Gasteiger partial charge in [-0.1, -0.05) is 86.7 Å². The molecule has 2 aliphatic rings. The van der Waals surface area contributed by atoms with Crippen LogP contribution in [0.4, 0.5) is 0 Å². The molecule has 0 bridgehead atoms. The van der Waals surface area contributed by atoms with Crippen molar-refractivity contribution in [1.82, 2.24) is 59.7 Å². The molecule has 22 nitrogen and oxygen atoms in total. The van der Waals surface area contributed by atoms with Gasteiger partial charge < -0.3 is 38.7 Å². The summed E-state index contributed by atoms with van der Waals surface area (Å²) in [6.45, 7) is 8.07. The van der Waals surface area contributed by atoms with Gasteiger partial charge in [-0.3, -0.25) is 19.2 Å². The van der Waals surface area contributed by atoms with Crippen LogP contribution in [0.2, 0.25) is 0 Å². The van der Waals surface area contributed by atoms with Crippen LogP contribution < -0.4 is 0 Å². The normalized spacial score (nSPS) is 18.6. The van der Waals surface area contributed by atoms with Gasteiger partial charge in [-0.25, -0.2) is 28.9 Å². The van der Waals surface area contributed by atoms with E-state index >= 15 is 0 Å². The molecule has 8 rings (SSSR count). The van der Waals surface area contributed by atoms with Crippen molar-refractivity contribution in [2.24, 2.45) is 23.7 Å². The molecule has 2 N–H and O–H groups in total. The fraction of sp³-hybridized carbons (Fsp3) is 0.440. The average molecular weight is 987 g/mol. The van der Waals surface area contributed by atoms with Crippen LogP contribution in [-0.2, 0) is 38.1 Å². The van der Waals surface area contributed by atoms with Crippen LogP contribution in [0.5, 0.6) is 0 Å². The predicted molar refractivity (Wildman–Crippen MR) is 256 cm³/mol. The topological polar surface area (TPSA) is 265 Å². The van der Waals surface area contributed by atoms with Gasteiger partial charge in [0.2, 0.25) is 11.8 Å². The fourth-order valence-electron chi connectivity index (χ4n) is 9.48. The third-order valence-corrected chi connectivity index (χ3v) is 13.7. The van der Waals surface area contributed by atoms with Crippen LogP contribution in [0.1, 0.15) is 110 Å². The number of likely N-dealkylation sites (tertiary alicyclic amines) is 2. The van der Waals surface area contributed by atoms with E-state index in [1.807, 2.05) is 76.2 Å². The summed E-state index contributed by atoms with van der Waals surface area (Å²) in [6.07, 6.45) is 7.16. The number of carbonyl (C=O) groups excluding carboxylic acids is 6. The Morgan fingerprint density at radius 3 is 1.25 bits per heavy atom. The van der Waals surface area contributed by atoms with Gasteiger partial charge in [-0.15, -0.1) is 10.2 Å². The number of carbonyl (C=O) groups is 6. The fourth-order valence-corrected chi connectivity index (χ4v) is 9.48. The standard InChI is InChI=1S/C50H58N12O10/c1-27(2)35(19-43(63)69-5)47(65)59-23-33(61-25-39(55-57-61)49(67)71-7)17-41(59)45-51-21-37(53-45)31-13-9-29(10-14-31)30-11-15-32(16-12-30)38-22-52-46(54-38)42-18-34(62-26-40(56-58-62)50(68)72-8)24-60(42)48(66)36(28(3)4)20-44(64)70-6/h9-16,21-22,25-28,33-36,41-42H,17-20,23-24H2,1-8H3,(H,51,53)(H,52,54)/t33-,34-,35+,36+,41+,42+/m1/s1. The van der Waals surface area contributed by atoms with Crippen LogP contribution >= 0.6 is 0 Å². The Hall–Kier alpha value is -8.04. The molecular formula is C50H58N12O10. The number of hydrogen-bond acceptors (Lipinski definition) is 16. The van der Waals surface area contributed by atoms with Gasteiger partial charge in [0.1, 0.15) is 11.6 Å². The third-order valence-electron chi connectivity index (χ3n) is 13.7. The number of imidazole rings is 2. The molecule has 0 aliphatic carbocycles. The van der Waals surface area contributed by atoms with E-state index in [-0.39, 0.29) is 73.1 Å². The highest BCUT2D eigenvalue weighted by atomic mass is 16.5. The second-order valence-electron chi connectivity index (χ2n) is 18.7. The Kier molecular flexibility index (Phi) is 15.1. The minimum absolute atomic E-state index is 0.0489. The number of nitrogens with zero attached hydrogens (tertiary/aromatic N) is 10. The number of methoxy groups -OCH3 is 4. The molecule has 2 aliphatic heterocycles. The van der Waals surface area contributed by atoms with Gasteiger partial charge in [-0.05, 0) is 46.9 Å². The monoisotopic (exact) mass is 986 g/mol. The quantitative estimate of drug-likeness (QED) is 0.0833. The van der Waals surface area contributed by atoms with Crippen molar-refractivity contribution in [2.45, 2.75) is 77.5 Å². The molecule has 0 saturated carbocycles. The highest BCUT2D eigenvalue weighted by Gasteiger charge is 2.44. The first kappa shape index (κ1) is 50.4. The smallest absolute Gasteiger partial charge is 0.360 e. The summed E-state index contributed by atoms with van der Waals surface area (Å²) in [4.78, 5) is 97.5. The van der Waals surface area contributed by atoms with E-state index in [1.165, 1.54) is 40.8 Å². The van der Waals surface area contributed by atoms with Crippen molar-refractivity contribution in [3.63, 3.8) is 0 Å². The summed E-state index contributed by atoms with van der Waals surface area (Å²) in [5.74, 6) is -3.08. The summed E-state index contributed by atoms with van der Waals surface area (Å²) in [7, 11) is 5.13. The molecule has 0 spiro atoms. The zero-order valence-electron chi connectivity index (χ0n) is 41.3. The molecule has 72 heavy (non-hydrogen) atoms. The Balaban J connectivity index is 0.988. The van der Waals surface area contributed by atoms with Gasteiger partial charge in [0.25, 0.3) is 0 Å². The number of esters is 4. The number of amides is 2. The summed E-state index contributed by atoms with van der Waals surface area (Å²) >= 11 is 0. The Morgan fingerprint density at radius 1 is 0.556 bits per heavy atom. The number of aromatic nitrogens is 10. The lowest BCUT2D eigenvalue weighted by molar-refractivity contribution is -0.148. The zero-order chi connectivity index (χ0) is 51.4. The second-order valence-corrected chi connectivity index (χ2v) is 18.7. The van der Waals surface area contributed by atoms with Gasteiger partial charge in [0, 0.05) is 13.1 Å². The Bertz CT molecular complexity index is 2720. The van der Waals surface area contributed by atoms with Crippen LogP contribution in [0.15, 0.2) is 73.3 Å². The molecule has 6 aromatic rings. The highest BCUT2D eigenvalue weighted by molar-refractivity contribution is 5.88. The Morgan fingerprint density at radius 2 is 0.917 bits per heavy atom. The molecule has 2 aromatic carbocycles. The molecule has 6 heterocycles.